The molecule has 3 aromatic heterocycles. The average Bonchev–Trinajstić information content (AvgIpc) is 2.90. The minimum Gasteiger partial charge on any atom is -0.422 e. The van der Waals surface area contributed by atoms with Gasteiger partial charge in [0.1, 0.15) is 5.58 Å². The Morgan fingerprint density at radius 3 is 3.00 bits per heavy atom. The molecule has 0 aliphatic heterocycles. The maximum atomic E-state index is 12.1. The molecule has 21 heavy (non-hydrogen) atoms. The summed E-state index contributed by atoms with van der Waals surface area (Å²) in [6, 6.07) is 8.63. The number of nitrogens with zero attached hydrogens (tertiary/aromatic N) is 3. The smallest absolute Gasteiger partial charge is 0.345 e. The maximum absolute atomic E-state index is 12.1. The van der Waals surface area contributed by atoms with Crippen LogP contribution in [0.15, 0.2) is 58.1 Å². The second-order valence-corrected chi connectivity index (χ2v) is 5.02. The molecule has 6 heteroatoms. The Labute approximate surface area is 123 Å². The number of halogens is 1. The van der Waals surface area contributed by atoms with E-state index in [9.17, 15) is 4.79 Å². The highest BCUT2D eigenvalue weighted by Gasteiger charge is 2.12. The second kappa shape index (κ2) is 4.43. The van der Waals surface area contributed by atoms with E-state index in [0.717, 1.165) is 5.39 Å². The monoisotopic (exact) mass is 297 g/mol. The predicted octanol–water partition coefficient (Wildman–Crippen LogP) is 3.16. The molecule has 4 aromatic rings. The molecule has 3 heterocycles. The van der Waals surface area contributed by atoms with Gasteiger partial charge in [-0.15, -0.1) is 0 Å². The van der Waals surface area contributed by atoms with Gasteiger partial charge in [0, 0.05) is 29.0 Å². The van der Waals surface area contributed by atoms with Crippen LogP contribution < -0.4 is 5.63 Å². The first-order valence-corrected chi connectivity index (χ1v) is 6.62. The molecule has 0 aliphatic carbocycles. The highest BCUT2D eigenvalue weighted by Crippen LogP contribution is 2.23. The summed E-state index contributed by atoms with van der Waals surface area (Å²) in [5.41, 5.74) is 0.961. The lowest BCUT2D eigenvalue weighted by molar-refractivity contribution is 0.563. The van der Waals surface area contributed by atoms with Crippen LogP contribution in [0.5, 0.6) is 0 Å². The number of aromatic nitrogens is 3. The number of fused-ring (bicyclic) bond motifs is 2. The molecule has 1 aromatic carbocycles. The van der Waals surface area contributed by atoms with Crippen LogP contribution in [-0.4, -0.2) is 14.4 Å². The summed E-state index contributed by atoms with van der Waals surface area (Å²) in [4.78, 5) is 20.6. The highest BCUT2D eigenvalue weighted by atomic mass is 35.5. The normalized spacial score (nSPS) is 11.3. The van der Waals surface area contributed by atoms with Crippen molar-refractivity contribution >= 4 is 28.3 Å². The third-order valence-electron chi connectivity index (χ3n) is 3.21. The van der Waals surface area contributed by atoms with Crippen molar-refractivity contribution in [3.63, 3.8) is 0 Å². The summed E-state index contributed by atoms with van der Waals surface area (Å²) < 4.78 is 7.06. The summed E-state index contributed by atoms with van der Waals surface area (Å²) in [6.45, 7) is 0. The van der Waals surface area contributed by atoms with Crippen LogP contribution in [0.1, 0.15) is 0 Å². The van der Waals surface area contributed by atoms with E-state index < -0.39 is 5.63 Å². The van der Waals surface area contributed by atoms with E-state index in [4.69, 9.17) is 16.0 Å². The van der Waals surface area contributed by atoms with Crippen molar-refractivity contribution in [1.29, 1.82) is 0 Å². The first-order valence-electron chi connectivity index (χ1n) is 6.24. The Morgan fingerprint density at radius 1 is 1.24 bits per heavy atom. The zero-order valence-electron chi connectivity index (χ0n) is 10.7. The van der Waals surface area contributed by atoms with Crippen LogP contribution in [0.3, 0.4) is 0 Å². The van der Waals surface area contributed by atoms with E-state index in [-0.39, 0.29) is 0 Å². The first-order chi connectivity index (χ1) is 10.2. The molecular weight excluding hydrogens is 290 g/mol. The van der Waals surface area contributed by atoms with Crippen molar-refractivity contribution in [2.45, 2.75) is 0 Å². The van der Waals surface area contributed by atoms with Gasteiger partial charge in [0.2, 0.25) is 5.78 Å². The fourth-order valence-electron chi connectivity index (χ4n) is 2.23. The molecule has 0 N–H and O–H groups in total. The summed E-state index contributed by atoms with van der Waals surface area (Å²) >= 11 is 5.97. The quantitative estimate of drug-likeness (QED) is 0.506. The number of rotatable bonds is 1. The van der Waals surface area contributed by atoms with E-state index in [1.54, 1.807) is 47.1 Å². The molecule has 0 saturated carbocycles. The molecule has 0 bridgehead atoms. The van der Waals surface area contributed by atoms with Crippen molar-refractivity contribution in [2.24, 2.45) is 0 Å². The SMILES string of the molecule is O=c1oc2ccc(Cl)cc2cc1-c1cn2cccnc2n1. The highest BCUT2D eigenvalue weighted by molar-refractivity contribution is 6.31. The average molecular weight is 298 g/mol. The van der Waals surface area contributed by atoms with Gasteiger partial charge in [-0.3, -0.25) is 4.40 Å². The van der Waals surface area contributed by atoms with Gasteiger partial charge in [0.25, 0.3) is 0 Å². The topological polar surface area (TPSA) is 60.4 Å². The number of benzene rings is 1. The molecule has 0 unspecified atom stereocenters. The van der Waals surface area contributed by atoms with E-state index in [1.165, 1.54) is 0 Å². The summed E-state index contributed by atoms with van der Waals surface area (Å²) in [7, 11) is 0. The molecular formula is C15H8ClN3O2. The summed E-state index contributed by atoms with van der Waals surface area (Å²) in [6.07, 6.45) is 5.21. The van der Waals surface area contributed by atoms with Crippen molar-refractivity contribution < 1.29 is 4.42 Å². The number of imidazole rings is 1. The molecule has 5 nitrogen and oxygen atoms in total. The van der Waals surface area contributed by atoms with Gasteiger partial charge in [-0.2, -0.15) is 0 Å². The van der Waals surface area contributed by atoms with Crippen LogP contribution in [0.2, 0.25) is 5.02 Å². The Balaban J connectivity index is 2.00. The second-order valence-electron chi connectivity index (χ2n) is 4.58. The van der Waals surface area contributed by atoms with Gasteiger partial charge < -0.3 is 4.42 Å². The van der Waals surface area contributed by atoms with Crippen LogP contribution >= 0.6 is 11.6 Å². The molecule has 4 rings (SSSR count). The minimum atomic E-state index is -0.437. The van der Waals surface area contributed by atoms with Crippen LogP contribution in [0.25, 0.3) is 28.0 Å². The van der Waals surface area contributed by atoms with Gasteiger partial charge in [-0.1, -0.05) is 11.6 Å². The zero-order chi connectivity index (χ0) is 14.4. The molecule has 0 saturated heterocycles. The van der Waals surface area contributed by atoms with Gasteiger partial charge >= 0.3 is 5.63 Å². The fraction of sp³-hybridized carbons (Fsp3) is 0. The largest absolute Gasteiger partial charge is 0.422 e. The van der Waals surface area contributed by atoms with Crippen molar-refractivity contribution in [1.82, 2.24) is 14.4 Å². The first kappa shape index (κ1) is 12.1. The Kier molecular flexibility index (Phi) is 2.55. The van der Waals surface area contributed by atoms with E-state index >= 15 is 0 Å². The third kappa shape index (κ3) is 1.98. The summed E-state index contributed by atoms with van der Waals surface area (Å²) in [5, 5.41) is 1.33. The lowest BCUT2D eigenvalue weighted by Crippen LogP contribution is -2.02. The Bertz CT molecular complexity index is 1000. The van der Waals surface area contributed by atoms with Gasteiger partial charge in [0.15, 0.2) is 0 Å². The Morgan fingerprint density at radius 2 is 2.14 bits per heavy atom. The maximum Gasteiger partial charge on any atom is 0.345 e. The third-order valence-corrected chi connectivity index (χ3v) is 3.44. The van der Waals surface area contributed by atoms with E-state index in [0.29, 0.717) is 27.6 Å². The van der Waals surface area contributed by atoms with Gasteiger partial charge in [-0.25, -0.2) is 14.8 Å². The molecule has 0 radical (unpaired) electrons. The lowest BCUT2D eigenvalue weighted by atomic mass is 10.1. The molecule has 0 amide bonds. The lowest BCUT2D eigenvalue weighted by Gasteiger charge is -1.99. The standard InChI is InChI=1S/C15H8ClN3O2/c16-10-2-3-13-9(6-10)7-11(14(20)21-13)12-8-19-5-1-4-17-15(19)18-12/h1-8H. The minimum absolute atomic E-state index is 0.385. The van der Waals surface area contributed by atoms with Gasteiger partial charge in [0.05, 0.1) is 11.3 Å². The molecule has 0 atom stereocenters. The molecule has 0 fully saturated rings. The van der Waals surface area contributed by atoms with Gasteiger partial charge in [-0.05, 0) is 30.3 Å². The molecule has 0 aliphatic rings. The fourth-order valence-corrected chi connectivity index (χ4v) is 2.41. The predicted molar refractivity (Wildman–Crippen MR) is 79.5 cm³/mol. The van der Waals surface area contributed by atoms with E-state index in [2.05, 4.69) is 9.97 Å². The van der Waals surface area contributed by atoms with Crippen LogP contribution in [0, 0.1) is 0 Å². The zero-order valence-corrected chi connectivity index (χ0v) is 11.4. The van der Waals surface area contributed by atoms with Crippen LogP contribution in [0.4, 0.5) is 0 Å². The van der Waals surface area contributed by atoms with Crippen molar-refractivity contribution in [2.75, 3.05) is 0 Å². The number of hydrogen-bond acceptors (Lipinski definition) is 4. The van der Waals surface area contributed by atoms with Crippen molar-refractivity contribution in [3.8, 4) is 11.3 Å². The molecule has 102 valence electrons. The van der Waals surface area contributed by atoms with E-state index in [1.807, 2.05) is 6.20 Å². The number of hydrogen-bond donors (Lipinski definition) is 0. The molecule has 0 spiro atoms. The Hall–Kier alpha value is -2.66. The summed E-state index contributed by atoms with van der Waals surface area (Å²) in [5.74, 6) is 0.526. The van der Waals surface area contributed by atoms with Crippen LogP contribution in [-0.2, 0) is 0 Å². The van der Waals surface area contributed by atoms with Crippen molar-refractivity contribution in [3.05, 3.63) is 64.4 Å².